The van der Waals surface area contributed by atoms with E-state index < -0.39 is 11.9 Å². The van der Waals surface area contributed by atoms with Gasteiger partial charge in [0.25, 0.3) is 0 Å². The Kier molecular flexibility index (Phi) is 4.00. The van der Waals surface area contributed by atoms with Crippen molar-refractivity contribution in [2.45, 2.75) is 6.61 Å². The molecule has 2 aromatic carbocycles. The summed E-state index contributed by atoms with van der Waals surface area (Å²) < 4.78 is 5.16. The Hall–Kier alpha value is -2.82. The fraction of sp³-hybridized carbons (Fsp3) is 0.0667. The van der Waals surface area contributed by atoms with E-state index in [1.54, 1.807) is 48.5 Å². The highest BCUT2D eigenvalue weighted by molar-refractivity contribution is 5.95. The largest absolute Gasteiger partial charge is 0.457 e. The zero-order valence-corrected chi connectivity index (χ0v) is 10.7. The van der Waals surface area contributed by atoms with Gasteiger partial charge in [0.05, 0.1) is 5.56 Å². The normalized spacial score (nSPS) is 10.0. The second kappa shape index (κ2) is 5.88. The number of esters is 1. The summed E-state index contributed by atoms with van der Waals surface area (Å²) >= 11 is 0. The lowest BCUT2D eigenvalue weighted by Crippen LogP contribution is -2.12. The number of rotatable bonds is 4. The molecule has 0 bridgehead atoms. The highest BCUT2D eigenvalue weighted by Crippen LogP contribution is 2.13. The first-order valence-corrected chi connectivity index (χ1v) is 5.98. The summed E-state index contributed by atoms with van der Waals surface area (Å²) in [6.07, 6.45) is 0. The molecule has 102 valence electrons. The minimum Gasteiger partial charge on any atom is -0.457 e. The van der Waals surface area contributed by atoms with Gasteiger partial charge >= 0.3 is 5.97 Å². The molecule has 2 rings (SSSR count). The molecule has 5 heteroatoms. The fourth-order valence-corrected chi connectivity index (χ4v) is 1.72. The maximum absolute atomic E-state index is 11.9. The minimum absolute atomic E-state index is 0.0499. The zero-order valence-electron chi connectivity index (χ0n) is 10.7. The van der Waals surface area contributed by atoms with Gasteiger partial charge in [0.15, 0.2) is 0 Å². The summed E-state index contributed by atoms with van der Waals surface area (Å²) in [6.45, 7) is 0.0499. The van der Waals surface area contributed by atoms with Crippen LogP contribution in [0.2, 0.25) is 0 Å². The Balaban J connectivity index is 2.06. The van der Waals surface area contributed by atoms with Crippen LogP contribution in [0.3, 0.4) is 0 Å². The van der Waals surface area contributed by atoms with Gasteiger partial charge in [-0.05, 0) is 29.8 Å². The number of nitrogens with two attached hydrogens (primary N) is 2. The van der Waals surface area contributed by atoms with Crippen molar-refractivity contribution < 1.29 is 14.3 Å². The van der Waals surface area contributed by atoms with Crippen LogP contribution in [-0.4, -0.2) is 11.9 Å². The molecule has 0 aliphatic rings. The molecule has 0 aromatic heterocycles. The fourth-order valence-electron chi connectivity index (χ4n) is 1.72. The molecule has 1 amide bonds. The molecule has 0 spiro atoms. The molecule has 5 nitrogen and oxygen atoms in total. The molecule has 20 heavy (non-hydrogen) atoms. The molecule has 0 aliphatic carbocycles. The number of carbonyl (C=O) groups is 2. The third-order valence-electron chi connectivity index (χ3n) is 2.76. The molecule has 0 saturated heterocycles. The van der Waals surface area contributed by atoms with E-state index in [2.05, 4.69) is 0 Å². The van der Waals surface area contributed by atoms with Crippen molar-refractivity contribution in [3.8, 4) is 0 Å². The second-order valence-corrected chi connectivity index (χ2v) is 4.23. The first kappa shape index (κ1) is 13.6. The van der Waals surface area contributed by atoms with E-state index in [-0.39, 0.29) is 6.61 Å². The summed E-state index contributed by atoms with van der Waals surface area (Å²) in [5, 5.41) is 0. The molecular formula is C15H14N2O3. The van der Waals surface area contributed by atoms with Crippen molar-refractivity contribution in [1.82, 2.24) is 0 Å². The lowest BCUT2D eigenvalue weighted by atomic mass is 10.1. The van der Waals surface area contributed by atoms with E-state index in [0.717, 1.165) is 0 Å². The molecule has 0 heterocycles. The number of hydrogen-bond acceptors (Lipinski definition) is 4. The molecule has 4 N–H and O–H groups in total. The number of para-hydroxylation sites is 1. The molecule has 0 saturated carbocycles. The average molecular weight is 270 g/mol. The lowest BCUT2D eigenvalue weighted by Gasteiger charge is -2.07. The molecule has 0 radical (unpaired) electrons. The predicted octanol–water partition coefficient (Wildman–Crippen LogP) is 1.72. The van der Waals surface area contributed by atoms with Gasteiger partial charge in [0, 0.05) is 11.3 Å². The van der Waals surface area contributed by atoms with Gasteiger partial charge in [-0.2, -0.15) is 0 Å². The van der Waals surface area contributed by atoms with Crippen LogP contribution >= 0.6 is 0 Å². The number of amides is 1. The van der Waals surface area contributed by atoms with E-state index in [0.29, 0.717) is 22.4 Å². The van der Waals surface area contributed by atoms with E-state index in [1.165, 1.54) is 0 Å². The minimum atomic E-state index is -0.523. The highest BCUT2D eigenvalue weighted by Gasteiger charge is 2.10. The zero-order chi connectivity index (χ0) is 14.5. The van der Waals surface area contributed by atoms with Gasteiger partial charge in [-0.25, -0.2) is 4.79 Å². The number of ether oxygens (including phenoxy) is 1. The van der Waals surface area contributed by atoms with E-state index in [4.69, 9.17) is 16.2 Å². The van der Waals surface area contributed by atoms with Gasteiger partial charge in [0.1, 0.15) is 6.61 Å². The molecular weight excluding hydrogens is 256 g/mol. The van der Waals surface area contributed by atoms with Crippen molar-refractivity contribution in [1.29, 1.82) is 0 Å². The van der Waals surface area contributed by atoms with Gasteiger partial charge in [-0.1, -0.05) is 24.3 Å². The monoisotopic (exact) mass is 270 g/mol. The molecule has 0 unspecified atom stereocenters. The van der Waals surface area contributed by atoms with Crippen LogP contribution in [-0.2, 0) is 11.3 Å². The van der Waals surface area contributed by atoms with Crippen LogP contribution in [0.5, 0.6) is 0 Å². The van der Waals surface area contributed by atoms with Gasteiger partial charge in [0.2, 0.25) is 5.91 Å². The molecule has 0 fully saturated rings. The van der Waals surface area contributed by atoms with Crippen molar-refractivity contribution in [2.24, 2.45) is 5.73 Å². The second-order valence-electron chi connectivity index (χ2n) is 4.23. The van der Waals surface area contributed by atoms with E-state index >= 15 is 0 Å². The number of primary amides is 1. The van der Waals surface area contributed by atoms with Gasteiger partial charge < -0.3 is 16.2 Å². The lowest BCUT2D eigenvalue weighted by molar-refractivity contribution is 0.0474. The van der Waals surface area contributed by atoms with Crippen molar-refractivity contribution in [2.75, 3.05) is 5.73 Å². The smallest absolute Gasteiger partial charge is 0.340 e. The van der Waals surface area contributed by atoms with Crippen LogP contribution in [0.25, 0.3) is 0 Å². The number of anilines is 1. The van der Waals surface area contributed by atoms with Gasteiger partial charge in [-0.3, -0.25) is 4.79 Å². The summed E-state index contributed by atoms with van der Waals surface area (Å²) in [4.78, 5) is 22.9. The Morgan fingerprint density at radius 1 is 1.05 bits per heavy atom. The first-order valence-electron chi connectivity index (χ1n) is 5.98. The van der Waals surface area contributed by atoms with Crippen molar-refractivity contribution in [3.63, 3.8) is 0 Å². The standard InChI is InChI=1S/C15H14N2O3/c16-13-7-2-1-6-12(13)15(19)20-9-10-4-3-5-11(8-10)14(17)18/h1-8H,9,16H2,(H2,17,18). The SMILES string of the molecule is NC(=O)c1cccc(COC(=O)c2ccccc2N)c1. The number of hydrogen-bond donors (Lipinski definition) is 2. The summed E-state index contributed by atoms with van der Waals surface area (Å²) in [5.41, 5.74) is 12.6. The van der Waals surface area contributed by atoms with Crippen molar-refractivity contribution in [3.05, 3.63) is 65.2 Å². The summed E-state index contributed by atoms with van der Waals surface area (Å²) in [5.74, 6) is -1.03. The maximum atomic E-state index is 11.9. The third-order valence-corrected chi connectivity index (χ3v) is 2.76. The van der Waals surface area contributed by atoms with Crippen molar-refractivity contribution >= 4 is 17.6 Å². The molecule has 0 aliphatic heterocycles. The van der Waals surface area contributed by atoms with Crippen LogP contribution in [0.15, 0.2) is 48.5 Å². The Bertz CT molecular complexity index is 653. The van der Waals surface area contributed by atoms with Gasteiger partial charge in [-0.15, -0.1) is 0 Å². The van der Waals surface area contributed by atoms with Crippen LogP contribution in [0.1, 0.15) is 26.3 Å². The van der Waals surface area contributed by atoms with Crippen LogP contribution in [0.4, 0.5) is 5.69 Å². The summed E-state index contributed by atoms with van der Waals surface area (Å²) in [7, 11) is 0. The predicted molar refractivity (Wildman–Crippen MR) is 74.9 cm³/mol. The van der Waals surface area contributed by atoms with Crippen LogP contribution in [0, 0.1) is 0 Å². The molecule has 0 atom stereocenters. The third kappa shape index (κ3) is 3.14. The van der Waals surface area contributed by atoms with E-state index in [1.807, 2.05) is 0 Å². The quantitative estimate of drug-likeness (QED) is 0.653. The number of nitrogen functional groups attached to an aromatic ring is 1. The summed E-state index contributed by atoms with van der Waals surface area (Å²) in [6, 6.07) is 13.3. The Morgan fingerprint density at radius 2 is 1.80 bits per heavy atom. The Labute approximate surface area is 116 Å². The first-order chi connectivity index (χ1) is 9.58. The molecule has 2 aromatic rings. The van der Waals surface area contributed by atoms with Crippen LogP contribution < -0.4 is 11.5 Å². The highest BCUT2D eigenvalue weighted by atomic mass is 16.5. The van der Waals surface area contributed by atoms with E-state index in [9.17, 15) is 9.59 Å². The topological polar surface area (TPSA) is 95.4 Å². The average Bonchev–Trinajstić information content (AvgIpc) is 2.45. The number of benzene rings is 2. The number of carbonyl (C=O) groups excluding carboxylic acids is 2. The Morgan fingerprint density at radius 3 is 2.50 bits per heavy atom. The maximum Gasteiger partial charge on any atom is 0.340 e.